The second kappa shape index (κ2) is 7.04. The highest BCUT2D eigenvalue weighted by Crippen LogP contribution is 2.27. The first-order chi connectivity index (χ1) is 12.6. The SMILES string of the molecule is CC(CS(C)(=O)=O)N(O)c1n[nH]c2nc(Oc3ccc(F)cc3F)ncc12. The third kappa shape index (κ3) is 4.28. The van der Waals surface area contributed by atoms with Crippen LogP contribution in [0.15, 0.2) is 24.4 Å². The largest absolute Gasteiger partial charge is 0.421 e. The maximum Gasteiger partial charge on any atom is 0.324 e. The summed E-state index contributed by atoms with van der Waals surface area (Å²) in [6.07, 6.45) is 2.33. The molecule has 0 fully saturated rings. The molecule has 2 aromatic heterocycles. The molecule has 0 aliphatic rings. The summed E-state index contributed by atoms with van der Waals surface area (Å²) in [7, 11) is -3.31. The van der Waals surface area contributed by atoms with E-state index >= 15 is 0 Å². The fraction of sp³-hybridized carbons (Fsp3) is 0.267. The Morgan fingerprint density at radius 2 is 2.11 bits per heavy atom. The fourth-order valence-corrected chi connectivity index (χ4v) is 3.40. The highest BCUT2D eigenvalue weighted by Gasteiger charge is 2.22. The third-order valence-corrected chi connectivity index (χ3v) is 4.64. The van der Waals surface area contributed by atoms with E-state index in [2.05, 4.69) is 20.2 Å². The normalized spacial score (nSPS) is 12.9. The van der Waals surface area contributed by atoms with Crippen LogP contribution in [0.5, 0.6) is 11.8 Å². The summed E-state index contributed by atoms with van der Waals surface area (Å²) in [6, 6.07) is 1.79. The number of aromatic nitrogens is 4. The number of anilines is 1. The van der Waals surface area contributed by atoms with Gasteiger partial charge in [0.1, 0.15) is 15.7 Å². The van der Waals surface area contributed by atoms with Crippen molar-refractivity contribution in [2.24, 2.45) is 0 Å². The van der Waals surface area contributed by atoms with Crippen molar-refractivity contribution in [2.75, 3.05) is 17.1 Å². The number of nitrogens with one attached hydrogen (secondary N) is 1. The van der Waals surface area contributed by atoms with Gasteiger partial charge in [-0.2, -0.15) is 10.1 Å². The molecule has 3 aromatic rings. The molecule has 0 radical (unpaired) electrons. The molecule has 2 heterocycles. The van der Waals surface area contributed by atoms with Crippen LogP contribution >= 0.6 is 0 Å². The monoisotopic (exact) mass is 399 g/mol. The van der Waals surface area contributed by atoms with Crippen molar-refractivity contribution < 1.29 is 27.1 Å². The van der Waals surface area contributed by atoms with E-state index in [1.54, 1.807) is 0 Å². The number of nitrogens with zero attached hydrogens (tertiary/aromatic N) is 4. The van der Waals surface area contributed by atoms with Gasteiger partial charge in [0, 0.05) is 18.5 Å². The van der Waals surface area contributed by atoms with Gasteiger partial charge in [0.2, 0.25) is 0 Å². The molecule has 144 valence electrons. The molecule has 1 atom stereocenters. The number of aromatic amines is 1. The second-order valence-electron chi connectivity index (χ2n) is 5.92. The minimum Gasteiger partial charge on any atom is -0.421 e. The summed E-state index contributed by atoms with van der Waals surface area (Å²) >= 11 is 0. The Bertz CT molecular complexity index is 1090. The van der Waals surface area contributed by atoms with Gasteiger partial charge in [0.25, 0.3) is 0 Å². The minimum absolute atomic E-state index is 0.0284. The Labute approximate surface area is 152 Å². The predicted octanol–water partition coefficient (Wildman–Crippen LogP) is 2.05. The van der Waals surface area contributed by atoms with Crippen LogP contribution in [0, 0.1) is 11.6 Å². The first kappa shape index (κ1) is 18.9. The van der Waals surface area contributed by atoms with Crippen LogP contribution in [0.4, 0.5) is 14.6 Å². The molecule has 1 unspecified atom stereocenters. The van der Waals surface area contributed by atoms with E-state index in [-0.39, 0.29) is 29.0 Å². The van der Waals surface area contributed by atoms with E-state index in [1.165, 1.54) is 13.1 Å². The molecule has 2 N–H and O–H groups in total. The lowest BCUT2D eigenvalue weighted by Gasteiger charge is -2.21. The van der Waals surface area contributed by atoms with Gasteiger partial charge in [-0.05, 0) is 19.1 Å². The predicted molar refractivity (Wildman–Crippen MR) is 91.6 cm³/mol. The second-order valence-corrected chi connectivity index (χ2v) is 8.11. The van der Waals surface area contributed by atoms with Gasteiger partial charge in [0.05, 0.1) is 17.2 Å². The zero-order chi connectivity index (χ0) is 19.8. The van der Waals surface area contributed by atoms with Crippen LogP contribution in [-0.4, -0.2) is 51.8 Å². The molecule has 3 rings (SSSR count). The molecular formula is C15H15F2N5O4S. The van der Waals surface area contributed by atoms with Crippen LogP contribution in [0.3, 0.4) is 0 Å². The van der Waals surface area contributed by atoms with E-state index in [0.29, 0.717) is 16.5 Å². The van der Waals surface area contributed by atoms with E-state index in [1.807, 2.05) is 0 Å². The molecule has 1 aromatic carbocycles. The molecule has 12 heteroatoms. The standard InChI is InChI=1S/C15H15F2N5O4S/c1-8(7-27(2,24)25)22(23)14-10-6-18-15(19-13(10)20-21-14)26-12-4-3-9(16)5-11(12)17/h3-6,8,23H,7H2,1-2H3,(H,18,19,20,21). The maximum absolute atomic E-state index is 13.7. The van der Waals surface area contributed by atoms with Crippen LogP contribution < -0.4 is 9.80 Å². The molecule has 0 aliphatic carbocycles. The molecule has 27 heavy (non-hydrogen) atoms. The van der Waals surface area contributed by atoms with Crippen molar-refractivity contribution in [2.45, 2.75) is 13.0 Å². The first-order valence-electron chi connectivity index (χ1n) is 7.64. The Morgan fingerprint density at radius 1 is 1.37 bits per heavy atom. The van der Waals surface area contributed by atoms with E-state index in [0.717, 1.165) is 18.4 Å². The number of fused-ring (bicyclic) bond motifs is 1. The zero-order valence-electron chi connectivity index (χ0n) is 14.2. The highest BCUT2D eigenvalue weighted by molar-refractivity contribution is 7.90. The summed E-state index contributed by atoms with van der Waals surface area (Å²) in [4.78, 5) is 7.91. The van der Waals surface area contributed by atoms with Gasteiger partial charge < -0.3 is 4.74 Å². The first-order valence-corrected chi connectivity index (χ1v) is 9.70. The number of halogens is 2. The van der Waals surface area contributed by atoms with Gasteiger partial charge in [0.15, 0.2) is 23.0 Å². The van der Waals surface area contributed by atoms with Gasteiger partial charge >= 0.3 is 6.01 Å². The Balaban J connectivity index is 1.86. The summed E-state index contributed by atoms with van der Waals surface area (Å²) in [5.74, 6) is -2.19. The number of H-pyrrole nitrogens is 1. The summed E-state index contributed by atoms with van der Waals surface area (Å²) < 4.78 is 54.5. The number of ether oxygens (including phenoxy) is 1. The van der Waals surface area contributed by atoms with Crippen LogP contribution in [-0.2, 0) is 9.84 Å². The summed E-state index contributed by atoms with van der Waals surface area (Å²) in [5, 5.41) is 17.7. The van der Waals surface area contributed by atoms with Crippen molar-refractivity contribution >= 4 is 26.7 Å². The average molecular weight is 399 g/mol. The van der Waals surface area contributed by atoms with Crippen molar-refractivity contribution in [3.05, 3.63) is 36.0 Å². The molecular weight excluding hydrogens is 384 g/mol. The average Bonchev–Trinajstić information content (AvgIpc) is 2.98. The van der Waals surface area contributed by atoms with Crippen LogP contribution in [0.2, 0.25) is 0 Å². The third-order valence-electron chi connectivity index (χ3n) is 3.55. The van der Waals surface area contributed by atoms with E-state index in [9.17, 15) is 22.4 Å². The minimum atomic E-state index is -3.31. The van der Waals surface area contributed by atoms with Crippen molar-refractivity contribution in [3.63, 3.8) is 0 Å². The summed E-state index contributed by atoms with van der Waals surface area (Å²) in [6.45, 7) is 1.51. The van der Waals surface area contributed by atoms with Gasteiger partial charge in [-0.3, -0.25) is 10.3 Å². The van der Waals surface area contributed by atoms with Gasteiger partial charge in [-0.1, -0.05) is 0 Å². The zero-order valence-corrected chi connectivity index (χ0v) is 15.0. The number of benzene rings is 1. The molecule has 0 aliphatic heterocycles. The lowest BCUT2D eigenvalue weighted by Crippen LogP contribution is -2.35. The van der Waals surface area contributed by atoms with E-state index < -0.39 is 27.5 Å². The number of hydroxylamine groups is 1. The fourth-order valence-electron chi connectivity index (χ4n) is 2.38. The quantitative estimate of drug-likeness (QED) is 0.604. The summed E-state index contributed by atoms with van der Waals surface area (Å²) in [5.41, 5.74) is 0.170. The topological polar surface area (TPSA) is 121 Å². The molecule has 0 saturated carbocycles. The smallest absolute Gasteiger partial charge is 0.324 e. The Kier molecular flexibility index (Phi) is 4.93. The van der Waals surface area contributed by atoms with Crippen LogP contribution in [0.25, 0.3) is 11.0 Å². The van der Waals surface area contributed by atoms with Gasteiger partial charge in [-0.15, -0.1) is 0 Å². The molecule has 0 bridgehead atoms. The van der Waals surface area contributed by atoms with E-state index in [4.69, 9.17) is 4.74 Å². The number of sulfone groups is 1. The highest BCUT2D eigenvalue weighted by atomic mass is 32.2. The lowest BCUT2D eigenvalue weighted by molar-refractivity contribution is 0.227. The number of hydrogen-bond donors (Lipinski definition) is 2. The maximum atomic E-state index is 13.7. The van der Waals surface area contributed by atoms with Crippen LogP contribution in [0.1, 0.15) is 6.92 Å². The lowest BCUT2D eigenvalue weighted by atomic mass is 10.3. The number of hydrogen-bond acceptors (Lipinski definition) is 8. The molecule has 0 saturated heterocycles. The Hall–Kier alpha value is -2.86. The van der Waals surface area contributed by atoms with Gasteiger partial charge in [-0.25, -0.2) is 27.2 Å². The van der Waals surface area contributed by atoms with Crippen molar-refractivity contribution in [3.8, 4) is 11.8 Å². The Morgan fingerprint density at radius 3 is 2.78 bits per heavy atom. The number of rotatable bonds is 6. The molecule has 0 spiro atoms. The van der Waals surface area contributed by atoms with Crippen molar-refractivity contribution in [1.82, 2.24) is 20.2 Å². The van der Waals surface area contributed by atoms with Crippen molar-refractivity contribution in [1.29, 1.82) is 0 Å². The molecule has 0 amide bonds. The molecule has 9 nitrogen and oxygen atoms in total.